The fourth-order valence-corrected chi connectivity index (χ4v) is 4.20. The van der Waals surface area contributed by atoms with E-state index in [0.717, 1.165) is 31.3 Å². The molecule has 2 aliphatic carbocycles. The van der Waals surface area contributed by atoms with Crippen molar-refractivity contribution >= 4 is 0 Å². The molecule has 1 N–H and O–H groups in total. The van der Waals surface area contributed by atoms with E-state index in [-0.39, 0.29) is 6.10 Å². The standard InChI is InChI=1S/C18H34O2/c1-2-3-4-5-6-7-13-20-18-10-8-9-15-14-16(19)11-12-17(15)18/h15-19H,2-14H2,1H3. The van der Waals surface area contributed by atoms with Gasteiger partial charge in [-0.1, -0.05) is 45.4 Å². The van der Waals surface area contributed by atoms with E-state index in [4.69, 9.17) is 4.74 Å². The van der Waals surface area contributed by atoms with Crippen LogP contribution in [-0.2, 0) is 4.74 Å². The Hall–Kier alpha value is -0.0800. The summed E-state index contributed by atoms with van der Waals surface area (Å²) >= 11 is 0. The third-order valence-corrected chi connectivity index (χ3v) is 5.38. The van der Waals surface area contributed by atoms with E-state index in [1.807, 2.05) is 0 Å². The summed E-state index contributed by atoms with van der Waals surface area (Å²) in [5.74, 6) is 1.48. The Morgan fingerprint density at radius 2 is 1.75 bits per heavy atom. The number of aliphatic hydroxyl groups excluding tert-OH is 1. The van der Waals surface area contributed by atoms with Crippen LogP contribution in [0.25, 0.3) is 0 Å². The van der Waals surface area contributed by atoms with Gasteiger partial charge in [0.15, 0.2) is 0 Å². The molecule has 0 aliphatic heterocycles. The summed E-state index contributed by atoms with van der Waals surface area (Å²) in [6, 6.07) is 0. The maximum absolute atomic E-state index is 9.81. The Kier molecular flexibility index (Phi) is 7.37. The van der Waals surface area contributed by atoms with Crippen molar-refractivity contribution in [2.45, 2.75) is 96.2 Å². The maximum Gasteiger partial charge on any atom is 0.0605 e. The van der Waals surface area contributed by atoms with Crippen molar-refractivity contribution in [3.8, 4) is 0 Å². The minimum atomic E-state index is -0.0337. The molecule has 0 aromatic heterocycles. The second kappa shape index (κ2) is 9.04. The summed E-state index contributed by atoms with van der Waals surface area (Å²) in [5.41, 5.74) is 0. The first-order chi connectivity index (χ1) is 9.81. The van der Waals surface area contributed by atoms with Crippen molar-refractivity contribution in [1.82, 2.24) is 0 Å². The van der Waals surface area contributed by atoms with Gasteiger partial charge in [-0.3, -0.25) is 0 Å². The zero-order valence-corrected chi connectivity index (χ0v) is 13.4. The zero-order chi connectivity index (χ0) is 14.2. The quantitative estimate of drug-likeness (QED) is 0.654. The van der Waals surface area contributed by atoms with E-state index in [9.17, 15) is 5.11 Å². The molecular formula is C18H34O2. The highest BCUT2D eigenvalue weighted by molar-refractivity contribution is 4.88. The van der Waals surface area contributed by atoms with E-state index >= 15 is 0 Å². The Morgan fingerprint density at radius 1 is 0.950 bits per heavy atom. The summed E-state index contributed by atoms with van der Waals surface area (Å²) in [6.45, 7) is 3.23. The van der Waals surface area contributed by atoms with E-state index in [1.54, 1.807) is 0 Å². The number of unbranched alkanes of at least 4 members (excludes halogenated alkanes) is 5. The second-order valence-electron chi connectivity index (χ2n) is 7.00. The van der Waals surface area contributed by atoms with Crippen LogP contribution in [0.2, 0.25) is 0 Å². The fourth-order valence-electron chi connectivity index (χ4n) is 4.20. The van der Waals surface area contributed by atoms with Gasteiger partial charge in [0.2, 0.25) is 0 Å². The van der Waals surface area contributed by atoms with Crippen LogP contribution in [0.15, 0.2) is 0 Å². The molecule has 2 fully saturated rings. The van der Waals surface area contributed by atoms with E-state index in [0.29, 0.717) is 6.10 Å². The van der Waals surface area contributed by atoms with Crippen LogP contribution in [0.1, 0.15) is 84.0 Å². The highest BCUT2D eigenvalue weighted by Crippen LogP contribution is 2.41. The van der Waals surface area contributed by atoms with Crippen molar-refractivity contribution in [3.05, 3.63) is 0 Å². The molecule has 4 unspecified atom stereocenters. The van der Waals surface area contributed by atoms with Crippen molar-refractivity contribution in [1.29, 1.82) is 0 Å². The van der Waals surface area contributed by atoms with Gasteiger partial charge in [0.1, 0.15) is 0 Å². The first-order valence-corrected chi connectivity index (χ1v) is 9.11. The molecular weight excluding hydrogens is 248 g/mol. The molecule has 118 valence electrons. The SMILES string of the molecule is CCCCCCCCOC1CCCC2CC(O)CCC21. The van der Waals surface area contributed by atoms with Crippen LogP contribution in [0.3, 0.4) is 0 Å². The van der Waals surface area contributed by atoms with Crippen molar-refractivity contribution in [2.75, 3.05) is 6.61 Å². The monoisotopic (exact) mass is 282 g/mol. The number of hydrogen-bond acceptors (Lipinski definition) is 2. The fraction of sp³-hybridized carbons (Fsp3) is 1.00. The highest BCUT2D eigenvalue weighted by atomic mass is 16.5. The normalized spacial score (nSPS) is 33.9. The van der Waals surface area contributed by atoms with Crippen LogP contribution < -0.4 is 0 Å². The van der Waals surface area contributed by atoms with Crippen LogP contribution >= 0.6 is 0 Å². The average molecular weight is 282 g/mol. The number of aliphatic hydroxyl groups is 1. The van der Waals surface area contributed by atoms with Crippen LogP contribution in [0.5, 0.6) is 0 Å². The third-order valence-electron chi connectivity index (χ3n) is 5.38. The van der Waals surface area contributed by atoms with E-state index < -0.39 is 0 Å². The molecule has 0 spiro atoms. The molecule has 2 saturated carbocycles. The maximum atomic E-state index is 9.81. The molecule has 0 bridgehead atoms. The molecule has 4 atom stereocenters. The summed E-state index contributed by atoms with van der Waals surface area (Å²) < 4.78 is 6.21. The molecule has 2 nitrogen and oxygen atoms in total. The van der Waals surface area contributed by atoms with E-state index in [2.05, 4.69) is 6.92 Å². The Morgan fingerprint density at radius 3 is 2.60 bits per heavy atom. The summed E-state index contributed by atoms with van der Waals surface area (Å²) in [7, 11) is 0. The largest absolute Gasteiger partial charge is 0.393 e. The minimum Gasteiger partial charge on any atom is -0.393 e. The van der Waals surface area contributed by atoms with Gasteiger partial charge >= 0.3 is 0 Å². The zero-order valence-electron chi connectivity index (χ0n) is 13.4. The lowest BCUT2D eigenvalue weighted by atomic mass is 9.68. The first-order valence-electron chi connectivity index (χ1n) is 9.11. The van der Waals surface area contributed by atoms with Gasteiger partial charge < -0.3 is 9.84 Å². The van der Waals surface area contributed by atoms with Gasteiger partial charge in [0, 0.05) is 6.61 Å². The molecule has 0 radical (unpaired) electrons. The predicted octanol–water partition coefficient (Wildman–Crippen LogP) is 4.69. The average Bonchev–Trinajstić information content (AvgIpc) is 2.46. The first kappa shape index (κ1) is 16.3. The van der Waals surface area contributed by atoms with Crippen molar-refractivity contribution in [2.24, 2.45) is 11.8 Å². The van der Waals surface area contributed by atoms with Crippen LogP contribution in [-0.4, -0.2) is 23.9 Å². The lowest BCUT2D eigenvalue weighted by molar-refractivity contribution is -0.0665. The molecule has 0 amide bonds. The Balaban J connectivity index is 1.60. The molecule has 0 heterocycles. The number of hydrogen-bond donors (Lipinski definition) is 1. The molecule has 20 heavy (non-hydrogen) atoms. The van der Waals surface area contributed by atoms with Gasteiger partial charge in [-0.15, -0.1) is 0 Å². The van der Waals surface area contributed by atoms with Crippen LogP contribution in [0.4, 0.5) is 0 Å². The highest BCUT2D eigenvalue weighted by Gasteiger charge is 2.37. The van der Waals surface area contributed by atoms with Crippen molar-refractivity contribution in [3.63, 3.8) is 0 Å². The third kappa shape index (κ3) is 5.04. The van der Waals surface area contributed by atoms with Gasteiger partial charge in [-0.2, -0.15) is 0 Å². The molecule has 0 saturated heterocycles. The summed E-state index contributed by atoms with van der Waals surface area (Å²) in [6.07, 6.45) is 15.6. The number of fused-ring (bicyclic) bond motifs is 1. The molecule has 0 aromatic carbocycles. The molecule has 2 rings (SSSR count). The molecule has 2 aliphatic rings. The lowest BCUT2D eigenvalue weighted by Gasteiger charge is -2.42. The minimum absolute atomic E-state index is 0.0337. The Labute approximate surface area is 125 Å². The van der Waals surface area contributed by atoms with Gasteiger partial charge in [0.05, 0.1) is 12.2 Å². The molecule has 2 heteroatoms. The van der Waals surface area contributed by atoms with Gasteiger partial charge in [-0.05, 0) is 50.4 Å². The Bertz CT molecular complexity index is 254. The smallest absolute Gasteiger partial charge is 0.0605 e. The predicted molar refractivity (Wildman–Crippen MR) is 83.8 cm³/mol. The van der Waals surface area contributed by atoms with Crippen LogP contribution in [0, 0.1) is 11.8 Å². The molecule has 0 aromatic rings. The number of ether oxygens (including phenoxy) is 1. The lowest BCUT2D eigenvalue weighted by Crippen LogP contribution is -2.40. The summed E-state index contributed by atoms with van der Waals surface area (Å²) in [5, 5.41) is 9.81. The number of rotatable bonds is 8. The van der Waals surface area contributed by atoms with Gasteiger partial charge in [0.25, 0.3) is 0 Å². The van der Waals surface area contributed by atoms with Crippen molar-refractivity contribution < 1.29 is 9.84 Å². The topological polar surface area (TPSA) is 29.5 Å². The second-order valence-corrected chi connectivity index (χ2v) is 7.00. The summed E-state index contributed by atoms with van der Waals surface area (Å²) in [4.78, 5) is 0. The van der Waals surface area contributed by atoms with E-state index in [1.165, 1.54) is 64.2 Å². The van der Waals surface area contributed by atoms with Gasteiger partial charge in [-0.25, -0.2) is 0 Å².